The normalized spacial score (nSPS) is 17.9. The molecule has 8 nitrogen and oxygen atoms in total. The number of rotatable bonds is 9. The number of nitrogens with zero attached hydrogens (tertiary/aromatic N) is 1. The molecule has 0 radical (unpaired) electrons. The summed E-state index contributed by atoms with van der Waals surface area (Å²) in [5.41, 5.74) is 0.888. The highest BCUT2D eigenvalue weighted by Gasteiger charge is 2.26. The Morgan fingerprint density at radius 3 is 2.09 bits per heavy atom. The van der Waals surface area contributed by atoms with Crippen LogP contribution >= 0.6 is 11.6 Å². The number of aliphatic carboxylic acids is 1. The summed E-state index contributed by atoms with van der Waals surface area (Å²) in [6.07, 6.45) is 4.48. The number of ether oxygens (including phenoxy) is 1. The van der Waals surface area contributed by atoms with Crippen molar-refractivity contribution in [1.29, 1.82) is 0 Å². The first-order chi connectivity index (χ1) is 15.4. The Labute approximate surface area is 191 Å². The van der Waals surface area contributed by atoms with Crippen LogP contribution in [0.2, 0.25) is 5.15 Å². The monoisotopic (exact) mass is 459 g/mol. The maximum Gasteiger partial charge on any atom is 0.306 e. The lowest BCUT2D eigenvalue weighted by atomic mass is 9.82. The molecule has 1 aliphatic carbocycles. The number of halogens is 1. The molecule has 0 aliphatic heterocycles. The van der Waals surface area contributed by atoms with Gasteiger partial charge >= 0.3 is 5.97 Å². The van der Waals surface area contributed by atoms with Crippen molar-refractivity contribution in [3.05, 3.63) is 58.9 Å². The molecule has 1 aliphatic rings. The molecular formula is C23H26ClN3O5. The van der Waals surface area contributed by atoms with E-state index in [4.69, 9.17) is 21.4 Å². The van der Waals surface area contributed by atoms with E-state index in [9.17, 15) is 14.4 Å². The van der Waals surface area contributed by atoms with E-state index in [0.29, 0.717) is 47.4 Å². The Morgan fingerprint density at radius 2 is 1.53 bits per heavy atom. The van der Waals surface area contributed by atoms with Crippen molar-refractivity contribution in [2.45, 2.75) is 25.7 Å². The van der Waals surface area contributed by atoms with Crippen LogP contribution < -0.4 is 15.4 Å². The Balaban J connectivity index is 1.35. The number of benzene rings is 1. The molecule has 3 N–H and O–H groups in total. The van der Waals surface area contributed by atoms with Crippen molar-refractivity contribution in [3.63, 3.8) is 0 Å². The molecule has 1 aromatic carbocycles. The molecule has 1 heterocycles. The van der Waals surface area contributed by atoms with Crippen LogP contribution in [0.3, 0.4) is 0 Å². The largest absolute Gasteiger partial charge is 0.493 e. The Kier molecular flexibility index (Phi) is 8.44. The van der Waals surface area contributed by atoms with Gasteiger partial charge in [-0.25, -0.2) is 4.98 Å². The molecule has 9 heteroatoms. The van der Waals surface area contributed by atoms with Gasteiger partial charge in [0.15, 0.2) is 0 Å². The predicted octanol–water partition coefficient (Wildman–Crippen LogP) is 3.16. The molecular weight excluding hydrogens is 434 g/mol. The van der Waals surface area contributed by atoms with E-state index in [0.717, 1.165) is 12.8 Å². The molecule has 0 spiro atoms. The summed E-state index contributed by atoms with van der Waals surface area (Å²) < 4.78 is 5.81. The molecule has 32 heavy (non-hydrogen) atoms. The van der Waals surface area contributed by atoms with Gasteiger partial charge in [0.25, 0.3) is 11.8 Å². The Bertz CT molecular complexity index is 926. The molecule has 1 saturated carbocycles. The highest BCUT2D eigenvalue weighted by atomic mass is 35.5. The zero-order chi connectivity index (χ0) is 22.9. The molecule has 1 aromatic heterocycles. The van der Waals surface area contributed by atoms with Crippen molar-refractivity contribution in [2.24, 2.45) is 11.8 Å². The van der Waals surface area contributed by atoms with Crippen LogP contribution in [0.4, 0.5) is 0 Å². The first kappa shape index (κ1) is 23.5. The van der Waals surface area contributed by atoms with Gasteiger partial charge < -0.3 is 20.5 Å². The average molecular weight is 460 g/mol. The summed E-state index contributed by atoms with van der Waals surface area (Å²) in [6.45, 7) is 1.10. The molecule has 3 rings (SSSR count). The average Bonchev–Trinajstić information content (AvgIpc) is 2.81. The first-order valence-electron chi connectivity index (χ1n) is 10.6. The lowest BCUT2D eigenvalue weighted by Gasteiger charge is -2.25. The SMILES string of the molecule is O=C(NCCNC(=O)c1ccc(Cl)nc1)c1ccc(OCC2CCC(C(=O)O)CC2)cc1. The zero-order valence-corrected chi connectivity index (χ0v) is 18.3. The molecule has 0 atom stereocenters. The third-order valence-electron chi connectivity index (χ3n) is 5.48. The second-order valence-electron chi connectivity index (χ2n) is 7.77. The number of carboxylic acid groups (broad SMARTS) is 1. The van der Waals surface area contributed by atoms with Gasteiger partial charge in [-0.3, -0.25) is 14.4 Å². The van der Waals surface area contributed by atoms with E-state index >= 15 is 0 Å². The number of carboxylic acids is 1. The number of pyridine rings is 1. The van der Waals surface area contributed by atoms with E-state index < -0.39 is 5.97 Å². The quantitative estimate of drug-likeness (QED) is 0.391. The third kappa shape index (κ3) is 6.95. The van der Waals surface area contributed by atoms with Crippen molar-refractivity contribution in [1.82, 2.24) is 15.6 Å². The minimum Gasteiger partial charge on any atom is -0.493 e. The minimum absolute atomic E-state index is 0.230. The van der Waals surface area contributed by atoms with E-state index in [1.54, 1.807) is 30.3 Å². The minimum atomic E-state index is -0.709. The summed E-state index contributed by atoms with van der Waals surface area (Å²) in [6, 6.07) is 9.97. The number of hydrogen-bond acceptors (Lipinski definition) is 5. The molecule has 2 amide bonds. The van der Waals surface area contributed by atoms with Crippen LogP contribution in [0, 0.1) is 11.8 Å². The van der Waals surface area contributed by atoms with Crippen molar-refractivity contribution in [3.8, 4) is 5.75 Å². The fourth-order valence-corrected chi connectivity index (χ4v) is 3.67. The highest BCUT2D eigenvalue weighted by Crippen LogP contribution is 2.29. The van der Waals surface area contributed by atoms with Crippen LogP contribution in [0.25, 0.3) is 0 Å². The standard InChI is InChI=1S/C23H26ClN3O5/c24-20-10-7-18(13-27-20)22(29)26-12-11-25-21(28)16-5-8-19(9-6-16)32-14-15-1-3-17(4-2-15)23(30)31/h5-10,13,15,17H,1-4,11-12,14H2,(H,25,28)(H,26,29)(H,30,31). The van der Waals surface area contributed by atoms with E-state index in [-0.39, 0.29) is 30.8 Å². The van der Waals surface area contributed by atoms with Gasteiger partial charge in [-0.15, -0.1) is 0 Å². The van der Waals surface area contributed by atoms with E-state index in [1.807, 2.05) is 0 Å². The molecule has 0 saturated heterocycles. The summed E-state index contributed by atoms with van der Waals surface area (Å²) in [5.74, 6) is -0.447. The van der Waals surface area contributed by atoms with Crippen molar-refractivity contribution >= 4 is 29.4 Å². The van der Waals surface area contributed by atoms with E-state index in [2.05, 4.69) is 15.6 Å². The smallest absolute Gasteiger partial charge is 0.306 e. The van der Waals surface area contributed by atoms with Crippen LogP contribution in [-0.4, -0.2) is 47.6 Å². The summed E-state index contributed by atoms with van der Waals surface area (Å²) in [4.78, 5) is 39.1. The lowest BCUT2D eigenvalue weighted by Crippen LogP contribution is -2.34. The zero-order valence-electron chi connectivity index (χ0n) is 17.6. The maximum atomic E-state index is 12.3. The fraction of sp³-hybridized carbons (Fsp3) is 0.391. The molecule has 170 valence electrons. The molecule has 0 bridgehead atoms. The summed E-state index contributed by atoms with van der Waals surface area (Å²) >= 11 is 5.70. The Hall–Kier alpha value is -3.13. The van der Waals surface area contributed by atoms with Gasteiger partial charge in [-0.05, 0) is 68.0 Å². The number of hydrogen-bond donors (Lipinski definition) is 3. The molecule has 2 aromatic rings. The predicted molar refractivity (Wildman–Crippen MR) is 119 cm³/mol. The van der Waals surface area contributed by atoms with E-state index in [1.165, 1.54) is 12.3 Å². The van der Waals surface area contributed by atoms with Crippen LogP contribution in [-0.2, 0) is 4.79 Å². The van der Waals surface area contributed by atoms with Crippen LogP contribution in [0.5, 0.6) is 5.75 Å². The van der Waals surface area contributed by atoms with Crippen LogP contribution in [0.1, 0.15) is 46.4 Å². The second kappa shape index (κ2) is 11.5. The maximum absolute atomic E-state index is 12.3. The Morgan fingerprint density at radius 1 is 0.938 bits per heavy atom. The van der Waals surface area contributed by atoms with Gasteiger partial charge in [0.05, 0.1) is 18.1 Å². The third-order valence-corrected chi connectivity index (χ3v) is 5.71. The van der Waals surface area contributed by atoms with Crippen molar-refractivity contribution < 1.29 is 24.2 Å². The number of carbonyl (C=O) groups excluding carboxylic acids is 2. The number of aromatic nitrogens is 1. The fourth-order valence-electron chi connectivity index (χ4n) is 3.56. The topological polar surface area (TPSA) is 118 Å². The van der Waals surface area contributed by atoms with Gasteiger partial charge in [0, 0.05) is 24.8 Å². The second-order valence-corrected chi connectivity index (χ2v) is 8.16. The van der Waals surface area contributed by atoms with Gasteiger partial charge in [-0.2, -0.15) is 0 Å². The lowest BCUT2D eigenvalue weighted by molar-refractivity contribution is -0.143. The molecule has 0 unspecified atom stereocenters. The van der Waals surface area contributed by atoms with Crippen molar-refractivity contribution in [2.75, 3.05) is 19.7 Å². The summed E-state index contributed by atoms with van der Waals surface area (Å²) in [5, 5.41) is 14.8. The van der Waals surface area contributed by atoms with Gasteiger partial charge in [-0.1, -0.05) is 11.6 Å². The van der Waals surface area contributed by atoms with Gasteiger partial charge in [0.1, 0.15) is 10.9 Å². The first-order valence-corrected chi connectivity index (χ1v) is 10.9. The highest BCUT2D eigenvalue weighted by molar-refractivity contribution is 6.29. The number of nitrogens with one attached hydrogen (secondary N) is 2. The number of amides is 2. The van der Waals surface area contributed by atoms with Crippen LogP contribution in [0.15, 0.2) is 42.6 Å². The molecule has 1 fully saturated rings. The van der Waals surface area contributed by atoms with Gasteiger partial charge in [0.2, 0.25) is 0 Å². The number of carbonyl (C=O) groups is 3. The summed E-state index contributed by atoms with van der Waals surface area (Å²) in [7, 11) is 0.